The Morgan fingerprint density at radius 3 is 2.00 bits per heavy atom. The van der Waals surface area contributed by atoms with E-state index in [0.717, 1.165) is 0 Å². The van der Waals surface area contributed by atoms with E-state index in [4.69, 9.17) is 9.47 Å². The molecule has 28 heavy (non-hydrogen) atoms. The molecule has 0 saturated heterocycles. The summed E-state index contributed by atoms with van der Waals surface area (Å²) in [6, 6.07) is 5.92. The van der Waals surface area contributed by atoms with E-state index in [0.29, 0.717) is 17.0 Å². The fourth-order valence-electron chi connectivity index (χ4n) is 3.28. The highest BCUT2D eigenvalue weighted by atomic mass is 16.6. The second-order valence-corrected chi connectivity index (χ2v) is 6.28. The molecule has 0 bridgehead atoms. The van der Waals surface area contributed by atoms with Crippen molar-refractivity contribution in [2.24, 2.45) is 0 Å². The molecular formula is C20H24N2O6. The first-order chi connectivity index (χ1) is 13.2. The molecule has 1 aliphatic rings. The second-order valence-electron chi connectivity index (χ2n) is 6.28. The fourth-order valence-corrected chi connectivity index (χ4v) is 3.28. The van der Waals surface area contributed by atoms with E-state index in [1.807, 2.05) is 0 Å². The third-order valence-corrected chi connectivity index (χ3v) is 4.77. The fraction of sp³-hybridized carbons (Fsp3) is 0.400. The minimum absolute atomic E-state index is 0.127. The zero-order valence-corrected chi connectivity index (χ0v) is 16.6. The quantitative estimate of drug-likeness (QED) is 0.419. The molecule has 0 aromatic heterocycles. The number of rotatable bonds is 6. The van der Waals surface area contributed by atoms with Gasteiger partial charge >= 0.3 is 11.9 Å². The van der Waals surface area contributed by atoms with Crippen LogP contribution in [0.25, 0.3) is 0 Å². The molecule has 2 rings (SSSR count). The molecule has 0 fully saturated rings. The number of allylic oxidation sites excluding steroid dienone is 2. The third kappa shape index (κ3) is 3.90. The topological polar surface area (TPSA) is 99.0 Å². The van der Waals surface area contributed by atoms with Crippen molar-refractivity contribution in [2.45, 2.75) is 33.6 Å². The van der Waals surface area contributed by atoms with Crippen molar-refractivity contribution >= 4 is 17.6 Å². The van der Waals surface area contributed by atoms with E-state index in [-0.39, 0.29) is 30.0 Å². The summed E-state index contributed by atoms with van der Waals surface area (Å²) < 4.78 is 10.4. The number of carbonyl (C=O) groups excluding carboxylic acids is 2. The van der Waals surface area contributed by atoms with E-state index < -0.39 is 22.8 Å². The van der Waals surface area contributed by atoms with Gasteiger partial charge in [-0.05, 0) is 33.3 Å². The highest BCUT2D eigenvalue weighted by Crippen LogP contribution is 2.42. The summed E-state index contributed by atoms with van der Waals surface area (Å²) in [7, 11) is 1.74. The molecule has 8 heteroatoms. The third-order valence-electron chi connectivity index (χ3n) is 4.77. The summed E-state index contributed by atoms with van der Waals surface area (Å²) in [5.41, 5.74) is 2.07. The smallest absolute Gasteiger partial charge is 0.336 e. The van der Waals surface area contributed by atoms with Crippen molar-refractivity contribution < 1.29 is 24.0 Å². The zero-order valence-electron chi connectivity index (χ0n) is 16.6. The average molecular weight is 388 g/mol. The Balaban J connectivity index is 2.76. The van der Waals surface area contributed by atoms with Gasteiger partial charge in [-0.15, -0.1) is 0 Å². The van der Waals surface area contributed by atoms with E-state index in [1.165, 1.54) is 18.2 Å². The van der Waals surface area contributed by atoms with E-state index in [2.05, 4.69) is 0 Å². The van der Waals surface area contributed by atoms with E-state index in [9.17, 15) is 19.7 Å². The lowest BCUT2D eigenvalue weighted by molar-refractivity contribution is -0.384. The highest BCUT2D eigenvalue weighted by molar-refractivity contribution is 5.99. The number of carbonyl (C=O) groups is 2. The number of non-ortho nitro benzene ring substituents is 1. The molecule has 0 spiro atoms. The molecular weight excluding hydrogens is 364 g/mol. The maximum absolute atomic E-state index is 12.8. The molecule has 0 N–H and O–H groups in total. The van der Waals surface area contributed by atoms with Crippen LogP contribution in [-0.2, 0) is 19.1 Å². The lowest BCUT2D eigenvalue weighted by Crippen LogP contribution is -2.33. The molecule has 0 atom stereocenters. The van der Waals surface area contributed by atoms with Crippen LogP contribution in [0.5, 0.6) is 0 Å². The summed E-state index contributed by atoms with van der Waals surface area (Å²) in [5, 5.41) is 11.2. The standard InChI is InChI=1S/C20H24N2O6/c1-6-27-19(23)16-12(3)21(5)13(4)17(20(24)28-7-2)18(16)14-9-8-10-15(11-14)22(25)26/h8-11,18H,6-7H2,1-5H3. The molecule has 150 valence electrons. The van der Waals surface area contributed by atoms with Gasteiger partial charge in [0.25, 0.3) is 5.69 Å². The van der Waals surface area contributed by atoms with Crippen molar-refractivity contribution in [3.8, 4) is 0 Å². The van der Waals surface area contributed by atoms with Gasteiger partial charge in [-0.3, -0.25) is 10.1 Å². The molecule has 1 heterocycles. The predicted molar refractivity (Wildman–Crippen MR) is 102 cm³/mol. The van der Waals surface area contributed by atoms with Crippen LogP contribution in [0.2, 0.25) is 0 Å². The van der Waals surface area contributed by atoms with Gasteiger partial charge in [0.2, 0.25) is 0 Å². The van der Waals surface area contributed by atoms with Crippen LogP contribution in [0.4, 0.5) is 5.69 Å². The lowest BCUT2D eigenvalue weighted by Gasteiger charge is -2.35. The first-order valence-electron chi connectivity index (χ1n) is 8.98. The lowest BCUT2D eigenvalue weighted by atomic mass is 9.79. The average Bonchev–Trinajstić information content (AvgIpc) is 2.66. The van der Waals surface area contributed by atoms with Crippen LogP contribution in [0.15, 0.2) is 46.8 Å². The Bertz CT molecular complexity index is 829. The normalized spacial score (nSPS) is 15.0. The van der Waals surface area contributed by atoms with Gasteiger partial charge in [-0.1, -0.05) is 12.1 Å². The van der Waals surface area contributed by atoms with Crippen molar-refractivity contribution in [2.75, 3.05) is 20.3 Å². The van der Waals surface area contributed by atoms with Gasteiger partial charge in [0.15, 0.2) is 0 Å². The number of ether oxygens (including phenoxy) is 2. The molecule has 1 aromatic rings. The molecule has 0 saturated carbocycles. The largest absolute Gasteiger partial charge is 0.463 e. The summed E-state index contributed by atoms with van der Waals surface area (Å²) in [6.45, 7) is 7.22. The minimum Gasteiger partial charge on any atom is -0.463 e. The number of nitro groups is 1. The molecule has 0 radical (unpaired) electrons. The van der Waals surface area contributed by atoms with Crippen molar-refractivity contribution in [1.29, 1.82) is 0 Å². The maximum Gasteiger partial charge on any atom is 0.336 e. The number of esters is 2. The number of nitrogens with zero attached hydrogens (tertiary/aromatic N) is 2. The Morgan fingerprint density at radius 1 is 1.07 bits per heavy atom. The summed E-state index contributed by atoms with van der Waals surface area (Å²) in [6.07, 6.45) is 0. The zero-order chi connectivity index (χ0) is 21.0. The number of hydrogen-bond donors (Lipinski definition) is 0. The van der Waals surface area contributed by atoms with Gasteiger partial charge in [0.1, 0.15) is 0 Å². The summed E-state index contributed by atoms with van der Waals surface area (Å²) in [4.78, 5) is 38.0. The summed E-state index contributed by atoms with van der Waals surface area (Å²) >= 11 is 0. The van der Waals surface area contributed by atoms with Crippen LogP contribution >= 0.6 is 0 Å². The Morgan fingerprint density at radius 2 is 1.57 bits per heavy atom. The van der Waals surface area contributed by atoms with Crippen LogP contribution in [-0.4, -0.2) is 42.0 Å². The van der Waals surface area contributed by atoms with Gasteiger partial charge in [0, 0.05) is 30.6 Å². The van der Waals surface area contributed by atoms with E-state index >= 15 is 0 Å². The van der Waals surface area contributed by atoms with Crippen molar-refractivity contribution in [3.63, 3.8) is 0 Å². The number of benzene rings is 1. The molecule has 8 nitrogen and oxygen atoms in total. The molecule has 1 aliphatic heterocycles. The van der Waals surface area contributed by atoms with Gasteiger partial charge in [0.05, 0.1) is 35.2 Å². The first kappa shape index (κ1) is 21.1. The van der Waals surface area contributed by atoms with Crippen LogP contribution in [0.1, 0.15) is 39.2 Å². The van der Waals surface area contributed by atoms with Crippen molar-refractivity contribution in [1.82, 2.24) is 4.90 Å². The van der Waals surface area contributed by atoms with Gasteiger partial charge < -0.3 is 14.4 Å². The van der Waals surface area contributed by atoms with Crippen LogP contribution in [0, 0.1) is 10.1 Å². The molecule has 0 aliphatic carbocycles. The SMILES string of the molecule is CCOC(=O)C1=C(C)N(C)C(C)=C(C(=O)OCC)C1c1cccc([N+](=O)[O-])c1. The van der Waals surface area contributed by atoms with Gasteiger partial charge in [-0.25, -0.2) is 9.59 Å². The van der Waals surface area contributed by atoms with Gasteiger partial charge in [-0.2, -0.15) is 0 Å². The Labute approximate surface area is 163 Å². The predicted octanol–water partition coefficient (Wildman–Crippen LogP) is 3.30. The summed E-state index contributed by atoms with van der Waals surface area (Å²) in [5.74, 6) is -1.97. The number of hydrogen-bond acceptors (Lipinski definition) is 7. The molecule has 1 aromatic carbocycles. The minimum atomic E-state index is -0.825. The molecule has 0 unspecified atom stereocenters. The second kappa shape index (κ2) is 8.69. The highest BCUT2D eigenvalue weighted by Gasteiger charge is 2.40. The van der Waals surface area contributed by atoms with Crippen LogP contribution in [0.3, 0.4) is 0 Å². The Hall–Kier alpha value is -3.16. The Kier molecular flexibility index (Phi) is 6.56. The van der Waals surface area contributed by atoms with E-state index in [1.54, 1.807) is 45.7 Å². The molecule has 0 amide bonds. The first-order valence-corrected chi connectivity index (χ1v) is 8.98. The van der Waals surface area contributed by atoms with Crippen LogP contribution < -0.4 is 0 Å². The number of nitro benzene ring substituents is 1. The van der Waals surface area contributed by atoms with Crippen molar-refractivity contribution in [3.05, 3.63) is 62.5 Å². The maximum atomic E-state index is 12.8. The monoisotopic (exact) mass is 388 g/mol.